The molecule has 0 saturated carbocycles. The van der Waals surface area contributed by atoms with E-state index < -0.39 is 0 Å². The maximum absolute atomic E-state index is 12.3. The second-order valence-corrected chi connectivity index (χ2v) is 6.42. The van der Waals surface area contributed by atoms with E-state index in [1.165, 1.54) is 4.68 Å². The highest BCUT2D eigenvalue weighted by Crippen LogP contribution is 2.18. The van der Waals surface area contributed by atoms with Gasteiger partial charge in [-0.3, -0.25) is 14.6 Å². The van der Waals surface area contributed by atoms with E-state index in [2.05, 4.69) is 20.4 Å². The Morgan fingerprint density at radius 2 is 1.79 bits per heavy atom. The highest BCUT2D eigenvalue weighted by Gasteiger charge is 2.14. The summed E-state index contributed by atoms with van der Waals surface area (Å²) in [4.78, 5) is 31.4. The molecule has 9 nitrogen and oxygen atoms in total. The van der Waals surface area contributed by atoms with Crippen LogP contribution in [0.4, 0.5) is 5.82 Å². The molecule has 29 heavy (non-hydrogen) atoms. The lowest BCUT2D eigenvalue weighted by Gasteiger charge is -2.10. The van der Waals surface area contributed by atoms with Crippen LogP contribution in [0, 0.1) is 20.8 Å². The first-order chi connectivity index (χ1) is 13.9. The van der Waals surface area contributed by atoms with Crippen LogP contribution < -0.4 is 20.3 Å². The van der Waals surface area contributed by atoms with Crippen LogP contribution in [0.15, 0.2) is 35.1 Å². The van der Waals surface area contributed by atoms with Crippen LogP contribution in [0.1, 0.15) is 23.9 Å². The number of aromatic amines is 1. The molecule has 1 amide bonds. The first-order valence-electron chi connectivity index (χ1n) is 9.17. The Hall–Kier alpha value is -3.62. The van der Waals surface area contributed by atoms with Gasteiger partial charge in [0.25, 0.3) is 11.5 Å². The van der Waals surface area contributed by atoms with Gasteiger partial charge in [-0.15, -0.1) is 0 Å². The summed E-state index contributed by atoms with van der Waals surface area (Å²) in [6.45, 7) is 7.52. The summed E-state index contributed by atoms with van der Waals surface area (Å²) in [7, 11) is 0. The zero-order valence-corrected chi connectivity index (χ0v) is 16.8. The van der Waals surface area contributed by atoms with Gasteiger partial charge in [0.1, 0.15) is 17.3 Å². The Morgan fingerprint density at radius 3 is 2.41 bits per heavy atom. The smallest absolute Gasteiger partial charge is 0.263 e. The van der Waals surface area contributed by atoms with Crippen molar-refractivity contribution in [3.8, 4) is 17.4 Å². The minimum Gasteiger partial charge on any atom is -0.494 e. The van der Waals surface area contributed by atoms with Crippen molar-refractivity contribution in [2.24, 2.45) is 0 Å². The molecule has 0 fully saturated rings. The number of hydrogen-bond donors (Lipinski definition) is 2. The summed E-state index contributed by atoms with van der Waals surface area (Å²) in [5.74, 6) is 1.53. The Balaban J connectivity index is 1.70. The second-order valence-electron chi connectivity index (χ2n) is 6.42. The second kappa shape index (κ2) is 8.59. The molecule has 0 spiro atoms. The standard InChI is InChI=1S/C20H23N5O4/c1-5-28-15-6-8-16(9-7-15)29-11-18(26)22-17-10-12(2)24-25(17)20-21-14(4)13(3)19(27)23-20/h6-10H,5,11H2,1-4H3,(H,22,26)(H,21,23,27). The van der Waals surface area contributed by atoms with Crippen molar-refractivity contribution >= 4 is 11.7 Å². The van der Waals surface area contributed by atoms with Gasteiger partial charge in [0.05, 0.1) is 12.3 Å². The van der Waals surface area contributed by atoms with Crippen LogP contribution >= 0.6 is 0 Å². The van der Waals surface area contributed by atoms with Gasteiger partial charge in [-0.05, 0) is 52.0 Å². The van der Waals surface area contributed by atoms with Crippen molar-refractivity contribution in [3.05, 3.63) is 57.6 Å². The molecule has 0 radical (unpaired) electrons. The van der Waals surface area contributed by atoms with Crippen molar-refractivity contribution in [2.45, 2.75) is 27.7 Å². The highest BCUT2D eigenvalue weighted by molar-refractivity contribution is 5.91. The highest BCUT2D eigenvalue weighted by atomic mass is 16.5. The Bertz CT molecular complexity index is 1070. The number of hydrogen-bond acceptors (Lipinski definition) is 6. The number of carbonyl (C=O) groups excluding carboxylic acids is 1. The van der Waals surface area contributed by atoms with E-state index in [9.17, 15) is 9.59 Å². The molecule has 0 aliphatic carbocycles. The van der Waals surface area contributed by atoms with E-state index in [-0.39, 0.29) is 24.0 Å². The van der Waals surface area contributed by atoms with E-state index in [0.717, 1.165) is 5.75 Å². The fourth-order valence-electron chi connectivity index (χ4n) is 2.61. The fourth-order valence-corrected chi connectivity index (χ4v) is 2.61. The van der Waals surface area contributed by atoms with Crippen LogP contribution in [0.2, 0.25) is 0 Å². The number of aromatic nitrogens is 4. The summed E-state index contributed by atoms with van der Waals surface area (Å²) in [5.41, 5.74) is 1.53. The quantitative estimate of drug-likeness (QED) is 0.633. The third-order valence-corrected chi connectivity index (χ3v) is 4.19. The van der Waals surface area contributed by atoms with E-state index in [0.29, 0.717) is 35.1 Å². The number of ether oxygens (including phenoxy) is 2. The lowest BCUT2D eigenvalue weighted by Crippen LogP contribution is -2.23. The molecule has 0 aliphatic heterocycles. The van der Waals surface area contributed by atoms with E-state index in [1.807, 2.05) is 6.92 Å². The first kappa shape index (κ1) is 20.1. The van der Waals surface area contributed by atoms with Crippen molar-refractivity contribution < 1.29 is 14.3 Å². The maximum Gasteiger partial charge on any atom is 0.263 e. The van der Waals surface area contributed by atoms with Gasteiger partial charge in [-0.25, -0.2) is 4.98 Å². The molecule has 3 rings (SSSR count). The summed E-state index contributed by atoms with van der Waals surface area (Å²) < 4.78 is 12.3. The molecule has 1 aromatic carbocycles. The van der Waals surface area contributed by atoms with Crippen molar-refractivity contribution in [3.63, 3.8) is 0 Å². The molecular formula is C20H23N5O4. The molecule has 3 aromatic rings. The van der Waals surface area contributed by atoms with E-state index in [1.54, 1.807) is 51.1 Å². The Labute approximate surface area is 167 Å². The normalized spacial score (nSPS) is 10.6. The minimum absolute atomic E-state index is 0.185. The average Bonchev–Trinajstić information content (AvgIpc) is 3.05. The third-order valence-electron chi connectivity index (χ3n) is 4.19. The monoisotopic (exact) mass is 397 g/mol. The van der Waals surface area contributed by atoms with Crippen LogP contribution in [0.25, 0.3) is 5.95 Å². The number of nitrogens with zero attached hydrogens (tertiary/aromatic N) is 3. The Morgan fingerprint density at radius 1 is 1.14 bits per heavy atom. The van der Waals surface area contributed by atoms with Gasteiger partial charge in [-0.2, -0.15) is 9.78 Å². The number of amides is 1. The molecule has 9 heteroatoms. The van der Waals surface area contributed by atoms with Gasteiger partial charge in [0.2, 0.25) is 5.95 Å². The van der Waals surface area contributed by atoms with Gasteiger partial charge in [0, 0.05) is 17.3 Å². The van der Waals surface area contributed by atoms with Gasteiger partial charge < -0.3 is 14.8 Å². The molecule has 152 valence electrons. The fraction of sp³-hybridized carbons (Fsp3) is 0.300. The summed E-state index contributed by atoms with van der Waals surface area (Å²) in [6.07, 6.45) is 0. The molecule has 0 bridgehead atoms. The number of anilines is 1. The average molecular weight is 397 g/mol. The number of nitrogens with one attached hydrogen (secondary N) is 2. The first-order valence-corrected chi connectivity index (χ1v) is 9.17. The largest absolute Gasteiger partial charge is 0.494 e. The zero-order chi connectivity index (χ0) is 21.0. The predicted octanol–water partition coefficient (Wildman–Crippen LogP) is 2.30. The summed E-state index contributed by atoms with van der Waals surface area (Å²) >= 11 is 0. The molecule has 2 N–H and O–H groups in total. The van der Waals surface area contributed by atoms with Gasteiger partial charge in [0.15, 0.2) is 6.61 Å². The van der Waals surface area contributed by atoms with Crippen LogP contribution in [0.5, 0.6) is 11.5 Å². The van der Waals surface area contributed by atoms with Crippen molar-refractivity contribution in [1.29, 1.82) is 0 Å². The lowest BCUT2D eigenvalue weighted by molar-refractivity contribution is -0.118. The third kappa shape index (κ3) is 4.81. The predicted molar refractivity (Wildman–Crippen MR) is 108 cm³/mol. The van der Waals surface area contributed by atoms with E-state index >= 15 is 0 Å². The van der Waals surface area contributed by atoms with Crippen LogP contribution in [0.3, 0.4) is 0 Å². The molecule has 2 heterocycles. The SMILES string of the molecule is CCOc1ccc(OCC(=O)Nc2cc(C)nn2-c2nc(C)c(C)c(=O)[nH]2)cc1. The number of H-pyrrole nitrogens is 1. The zero-order valence-electron chi connectivity index (χ0n) is 16.8. The molecular weight excluding hydrogens is 374 g/mol. The topological polar surface area (TPSA) is 111 Å². The molecule has 2 aromatic heterocycles. The summed E-state index contributed by atoms with van der Waals surface area (Å²) in [5, 5.41) is 7.04. The van der Waals surface area contributed by atoms with Crippen LogP contribution in [-0.4, -0.2) is 38.9 Å². The minimum atomic E-state index is -0.369. The number of benzene rings is 1. The maximum atomic E-state index is 12.3. The van der Waals surface area contributed by atoms with E-state index in [4.69, 9.17) is 9.47 Å². The van der Waals surface area contributed by atoms with Crippen molar-refractivity contribution in [1.82, 2.24) is 19.7 Å². The van der Waals surface area contributed by atoms with Crippen LogP contribution in [-0.2, 0) is 4.79 Å². The number of aryl methyl sites for hydroxylation is 2. The van der Waals surface area contributed by atoms with Crippen molar-refractivity contribution in [2.75, 3.05) is 18.5 Å². The number of rotatable bonds is 7. The molecule has 0 saturated heterocycles. The van der Waals surface area contributed by atoms with Gasteiger partial charge in [-0.1, -0.05) is 0 Å². The molecule has 0 atom stereocenters. The molecule has 0 unspecified atom stereocenters. The van der Waals surface area contributed by atoms with Gasteiger partial charge >= 0.3 is 0 Å². The Kier molecular flexibility index (Phi) is 5.96. The molecule has 0 aliphatic rings. The summed E-state index contributed by atoms with van der Waals surface area (Å²) in [6, 6.07) is 8.70. The number of carbonyl (C=O) groups is 1. The lowest BCUT2D eigenvalue weighted by atomic mass is 10.3.